The van der Waals surface area contributed by atoms with Gasteiger partial charge in [0.2, 0.25) is 0 Å². The van der Waals surface area contributed by atoms with Crippen molar-refractivity contribution in [2.75, 3.05) is 18.5 Å². The Hall–Kier alpha value is -1.84. The summed E-state index contributed by atoms with van der Waals surface area (Å²) in [5.41, 5.74) is 0.790. The molecule has 0 spiro atoms. The van der Waals surface area contributed by atoms with Gasteiger partial charge in [-0.3, -0.25) is 0 Å². The van der Waals surface area contributed by atoms with Gasteiger partial charge in [0.05, 0.1) is 0 Å². The summed E-state index contributed by atoms with van der Waals surface area (Å²) in [7, 11) is 2.02. The fourth-order valence-electron chi connectivity index (χ4n) is 1.58. The lowest BCUT2D eigenvalue weighted by molar-refractivity contribution is -0.131. The number of anilines is 1. The van der Waals surface area contributed by atoms with E-state index in [4.69, 9.17) is 5.11 Å². The zero-order valence-electron chi connectivity index (χ0n) is 11.1. The summed E-state index contributed by atoms with van der Waals surface area (Å²) in [5, 5.41) is 8.53. The second-order valence-corrected chi connectivity index (χ2v) is 4.52. The first-order valence-electron chi connectivity index (χ1n) is 6.11. The van der Waals surface area contributed by atoms with Gasteiger partial charge in [-0.2, -0.15) is 0 Å². The Morgan fingerprint density at radius 2 is 2.28 bits per heavy atom. The van der Waals surface area contributed by atoms with Crippen LogP contribution in [0.1, 0.15) is 25.8 Å². The first kappa shape index (κ1) is 14.2. The second kappa shape index (κ2) is 6.79. The molecule has 0 amide bonds. The number of pyridine rings is 1. The van der Waals surface area contributed by atoms with Crippen molar-refractivity contribution >= 4 is 17.9 Å². The summed E-state index contributed by atoms with van der Waals surface area (Å²) in [6, 6.07) is 3.78. The van der Waals surface area contributed by atoms with Gasteiger partial charge in [0.25, 0.3) is 0 Å². The molecule has 0 bridgehead atoms. The highest BCUT2D eigenvalue weighted by atomic mass is 16.4. The summed E-state index contributed by atoms with van der Waals surface area (Å²) in [6.45, 7) is 5.35. The number of carboxylic acids is 1. The van der Waals surface area contributed by atoms with E-state index in [0.29, 0.717) is 5.92 Å². The van der Waals surface area contributed by atoms with E-state index < -0.39 is 5.97 Å². The van der Waals surface area contributed by atoms with Crippen molar-refractivity contribution in [3.63, 3.8) is 0 Å². The molecule has 0 aliphatic carbocycles. The van der Waals surface area contributed by atoms with Crippen LogP contribution in [-0.4, -0.2) is 29.7 Å². The molecule has 4 nitrogen and oxygen atoms in total. The van der Waals surface area contributed by atoms with Crippen LogP contribution in [-0.2, 0) is 4.79 Å². The Labute approximate surface area is 108 Å². The van der Waals surface area contributed by atoms with E-state index in [0.717, 1.165) is 30.4 Å². The van der Waals surface area contributed by atoms with Crippen LogP contribution in [0.5, 0.6) is 0 Å². The third-order valence-corrected chi connectivity index (χ3v) is 2.86. The number of aliphatic carboxylic acids is 1. The monoisotopic (exact) mass is 248 g/mol. The number of rotatable bonds is 6. The summed E-state index contributed by atoms with van der Waals surface area (Å²) in [4.78, 5) is 16.8. The minimum Gasteiger partial charge on any atom is -0.478 e. The predicted molar refractivity (Wildman–Crippen MR) is 73.6 cm³/mol. The largest absolute Gasteiger partial charge is 0.478 e. The molecular formula is C14H20N2O2. The maximum absolute atomic E-state index is 10.4. The van der Waals surface area contributed by atoms with Crippen molar-refractivity contribution in [1.29, 1.82) is 0 Å². The van der Waals surface area contributed by atoms with Gasteiger partial charge in [0, 0.05) is 25.9 Å². The zero-order valence-corrected chi connectivity index (χ0v) is 11.1. The fraction of sp³-hybridized carbons (Fsp3) is 0.429. The zero-order chi connectivity index (χ0) is 13.5. The van der Waals surface area contributed by atoms with E-state index in [1.807, 2.05) is 19.2 Å². The maximum Gasteiger partial charge on any atom is 0.328 e. The van der Waals surface area contributed by atoms with Crippen LogP contribution in [0.25, 0.3) is 6.08 Å². The van der Waals surface area contributed by atoms with Crippen LogP contribution in [0.3, 0.4) is 0 Å². The van der Waals surface area contributed by atoms with Gasteiger partial charge in [0.15, 0.2) is 0 Å². The Morgan fingerprint density at radius 3 is 2.78 bits per heavy atom. The molecule has 0 aliphatic heterocycles. The molecule has 1 heterocycles. The van der Waals surface area contributed by atoms with Crippen LogP contribution in [0.15, 0.2) is 24.4 Å². The van der Waals surface area contributed by atoms with Crippen LogP contribution in [0, 0.1) is 5.92 Å². The van der Waals surface area contributed by atoms with Crippen molar-refractivity contribution in [3.05, 3.63) is 30.0 Å². The molecule has 0 aromatic carbocycles. The van der Waals surface area contributed by atoms with E-state index in [1.54, 1.807) is 6.20 Å². The van der Waals surface area contributed by atoms with Crippen LogP contribution in [0.4, 0.5) is 5.82 Å². The topological polar surface area (TPSA) is 53.4 Å². The van der Waals surface area contributed by atoms with Gasteiger partial charge in [-0.05, 0) is 29.7 Å². The van der Waals surface area contributed by atoms with Gasteiger partial charge in [-0.1, -0.05) is 20.3 Å². The number of aromatic nitrogens is 1. The van der Waals surface area contributed by atoms with E-state index in [-0.39, 0.29) is 0 Å². The maximum atomic E-state index is 10.4. The first-order chi connectivity index (χ1) is 8.52. The minimum absolute atomic E-state index is 0.628. The lowest BCUT2D eigenvalue weighted by atomic mass is 10.1. The van der Waals surface area contributed by atoms with Crippen LogP contribution in [0.2, 0.25) is 0 Å². The highest BCUT2D eigenvalue weighted by Crippen LogP contribution is 2.13. The van der Waals surface area contributed by atoms with Crippen molar-refractivity contribution < 1.29 is 9.90 Å². The van der Waals surface area contributed by atoms with Crippen molar-refractivity contribution in [2.45, 2.75) is 20.3 Å². The van der Waals surface area contributed by atoms with E-state index in [2.05, 4.69) is 23.7 Å². The summed E-state index contributed by atoms with van der Waals surface area (Å²) < 4.78 is 0. The summed E-state index contributed by atoms with van der Waals surface area (Å²) in [6.07, 6.45) is 5.47. The third kappa shape index (κ3) is 4.57. The number of hydrogen-bond acceptors (Lipinski definition) is 3. The molecule has 1 aromatic heterocycles. The average molecular weight is 248 g/mol. The normalized spacial score (nSPS) is 12.6. The molecule has 0 saturated heterocycles. The molecule has 1 rings (SSSR count). The Bertz CT molecular complexity index is 412. The molecule has 18 heavy (non-hydrogen) atoms. The lowest BCUT2D eigenvalue weighted by Gasteiger charge is -2.21. The molecule has 0 saturated carbocycles. The van der Waals surface area contributed by atoms with E-state index in [1.165, 1.54) is 6.08 Å². The quantitative estimate of drug-likeness (QED) is 0.786. The van der Waals surface area contributed by atoms with Gasteiger partial charge in [-0.25, -0.2) is 9.78 Å². The Morgan fingerprint density at radius 1 is 1.56 bits per heavy atom. The predicted octanol–water partition coefficient (Wildman–Crippen LogP) is 2.66. The standard InChI is InChI=1S/C14H20N2O2/c1-4-11(2)10-16(3)13-7-5-12(9-15-13)6-8-14(17)18/h5-9,11H,4,10H2,1-3H3,(H,17,18)/b8-6+. The molecule has 0 fully saturated rings. The SMILES string of the molecule is CCC(C)CN(C)c1ccc(/C=C/C(=O)O)cn1. The van der Waals surface area contributed by atoms with Crippen LogP contribution < -0.4 is 4.90 Å². The molecule has 0 aliphatic rings. The third-order valence-electron chi connectivity index (χ3n) is 2.86. The molecule has 1 N–H and O–H groups in total. The number of hydrogen-bond donors (Lipinski definition) is 1. The molecule has 4 heteroatoms. The number of nitrogens with zero attached hydrogens (tertiary/aromatic N) is 2. The second-order valence-electron chi connectivity index (χ2n) is 4.52. The fourth-order valence-corrected chi connectivity index (χ4v) is 1.58. The Balaban J connectivity index is 2.67. The smallest absolute Gasteiger partial charge is 0.328 e. The van der Waals surface area contributed by atoms with Gasteiger partial charge in [0.1, 0.15) is 5.82 Å². The molecule has 0 radical (unpaired) electrons. The first-order valence-corrected chi connectivity index (χ1v) is 6.11. The molecule has 98 valence electrons. The van der Waals surface area contributed by atoms with Crippen LogP contribution >= 0.6 is 0 Å². The van der Waals surface area contributed by atoms with Gasteiger partial charge >= 0.3 is 5.97 Å². The molecule has 1 aromatic rings. The Kier molecular flexibility index (Phi) is 5.36. The number of carbonyl (C=O) groups is 1. The van der Waals surface area contributed by atoms with E-state index >= 15 is 0 Å². The summed E-state index contributed by atoms with van der Waals surface area (Å²) in [5.74, 6) is 0.583. The molecular weight excluding hydrogens is 228 g/mol. The highest BCUT2D eigenvalue weighted by molar-refractivity contribution is 5.85. The summed E-state index contributed by atoms with van der Waals surface area (Å²) >= 11 is 0. The highest BCUT2D eigenvalue weighted by Gasteiger charge is 2.06. The van der Waals surface area contributed by atoms with E-state index in [9.17, 15) is 4.79 Å². The molecule has 1 atom stereocenters. The van der Waals surface area contributed by atoms with Gasteiger partial charge < -0.3 is 10.0 Å². The van der Waals surface area contributed by atoms with Crippen molar-refractivity contribution in [3.8, 4) is 0 Å². The van der Waals surface area contributed by atoms with Crippen molar-refractivity contribution in [1.82, 2.24) is 4.98 Å². The van der Waals surface area contributed by atoms with Crippen molar-refractivity contribution in [2.24, 2.45) is 5.92 Å². The van der Waals surface area contributed by atoms with Gasteiger partial charge in [-0.15, -0.1) is 0 Å². The minimum atomic E-state index is -0.951. The molecule has 1 unspecified atom stereocenters. The lowest BCUT2D eigenvalue weighted by Crippen LogP contribution is -2.24. The average Bonchev–Trinajstić information content (AvgIpc) is 2.36. The number of carboxylic acid groups (broad SMARTS) is 1.